The van der Waals surface area contributed by atoms with Crippen molar-refractivity contribution in [3.8, 4) is 0 Å². The van der Waals surface area contributed by atoms with Gasteiger partial charge in [0.25, 0.3) is 0 Å². The smallest absolute Gasteiger partial charge is 0.0450 e. The van der Waals surface area contributed by atoms with Crippen molar-refractivity contribution in [2.24, 2.45) is 0 Å². The molecule has 0 radical (unpaired) electrons. The Kier molecular flexibility index (Phi) is 5.09. The second kappa shape index (κ2) is 6.17. The molecule has 0 fully saturated rings. The Hall–Kier alpha value is -0.340. The lowest BCUT2D eigenvalue weighted by Crippen LogP contribution is -1.59. The molecule has 0 N–H and O–H groups in total. The molecule has 2 rings (SSSR count). The molecule has 0 aromatic carbocycles. The maximum atomic E-state index is 2.21. The highest BCUT2D eigenvalue weighted by Crippen LogP contribution is 2.25. The number of unbranched alkanes of at least 4 members (excludes halogenated alkanes) is 2. The molecule has 0 amide bonds. The molecule has 2 heteroatoms. The lowest BCUT2D eigenvalue weighted by Gasteiger charge is -1.79. The van der Waals surface area contributed by atoms with Crippen molar-refractivity contribution in [3.63, 3.8) is 0 Å². The molecular weight excluding hydrogens is 196 g/mol. The zero-order valence-electron chi connectivity index (χ0n) is 8.25. The van der Waals surface area contributed by atoms with Gasteiger partial charge in [-0.05, 0) is 22.9 Å². The maximum Gasteiger partial charge on any atom is 0.0450 e. The third kappa shape index (κ3) is 3.49. The van der Waals surface area contributed by atoms with E-state index >= 15 is 0 Å². The fourth-order valence-corrected chi connectivity index (χ4v) is 2.87. The summed E-state index contributed by atoms with van der Waals surface area (Å²) in [6.07, 6.45) is 4.08. The van der Waals surface area contributed by atoms with Gasteiger partial charge in [0, 0.05) is 9.40 Å². The van der Waals surface area contributed by atoms with Gasteiger partial charge in [-0.25, -0.2) is 0 Å². The molecule has 72 valence electrons. The molecule has 0 atom stereocenters. The summed E-state index contributed by atoms with van der Waals surface area (Å²) >= 11 is 3.61. The predicted octanol–water partition coefficient (Wildman–Crippen LogP) is 5.16. The molecule has 0 unspecified atom stereocenters. The van der Waals surface area contributed by atoms with Gasteiger partial charge in [0.1, 0.15) is 0 Å². The molecule has 2 heterocycles. The lowest BCUT2D eigenvalue weighted by molar-refractivity contribution is 0.772. The first kappa shape index (κ1) is 10.7. The van der Waals surface area contributed by atoms with Crippen molar-refractivity contribution >= 4 is 32.1 Å². The molecule has 0 aliphatic rings. The van der Waals surface area contributed by atoms with Gasteiger partial charge in [-0.2, -0.15) is 0 Å². The van der Waals surface area contributed by atoms with Crippen LogP contribution in [-0.2, 0) is 0 Å². The fourth-order valence-electron chi connectivity index (χ4n) is 1.05. The molecule has 0 spiro atoms. The first-order chi connectivity index (χ1) is 6.38. The van der Waals surface area contributed by atoms with Gasteiger partial charge < -0.3 is 0 Å². The minimum Gasteiger partial charge on any atom is -0.143 e. The van der Waals surface area contributed by atoms with Crippen LogP contribution >= 0.6 is 22.7 Å². The van der Waals surface area contributed by atoms with E-state index in [4.69, 9.17) is 0 Å². The van der Waals surface area contributed by atoms with Gasteiger partial charge in [-0.3, -0.25) is 0 Å². The Morgan fingerprint density at radius 1 is 0.923 bits per heavy atom. The summed E-state index contributed by atoms with van der Waals surface area (Å²) in [5.41, 5.74) is 0. The average molecular weight is 212 g/mol. The molecule has 2 aromatic heterocycles. The van der Waals surface area contributed by atoms with Crippen LogP contribution in [0.2, 0.25) is 0 Å². The van der Waals surface area contributed by atoms with Crippen molar-refractivity contribution < 1.29 is 0 Å². The highest BCUT2D eigenvalue weighted by Gasteiger charge is 1.90. The maximum absolute atomic E-state index is 2.21. The summed E-state index contributed by atoms with van der Waals surface area (Å²) < 4.78 is 2.82. The number of hydrogen-bond acceptors (Lipinski definition) is 2. The Labute approximate surface area is 88.2 Å². The molecule has 0 saturated heterocycles. The van der Waals surface area contributed by atoms with Gasteiger partial charge in [-0.15, -0.1) is 22.7 Å². The summed E-state index contributed by atoms with van der Waals surface area (Å²) in [5, 5.41) is 4.25. The topological polar surface area (TPSA) is 0 Å². The fraction of sp³-hybridized carbons (Fsp3) is 0.455. The summed E-state index contributed by atoms with van der Waals surface area (Å²) in [6, 6.07) is 4.31. The third-order valence-electron chi connectivity index (χ3n) is 1.78. The molecule has 13 heavy (non-hydrogen) atoms. The highest BCUT2D eigenvalue weighted by molar-refractivity contribution is 7.25. The highest BCUT2D eigenvalue weighted by atomic mass is 32.1. The summed E-state index contributed by atoms with van der Waals surface area (Å²) in [5.74, 6) is 0. The van der Waals surface area contributed by atoms with E-state index in [1.54, 1.807) is 22.7 Å². The van der Waals surface area contributed by atoms with Crippen molar-refractivity contribution in [2.75, 3.05) is 0 Å². The molecule has 0 bridgehead atoms. The molecule has 0 aliphatic carbocycles. The number of rotatable bonds is 2. The van der Waals surface area contributed by atoms with Gasteiger partial charge in [0.2, 0.25) is 0 Å². The lowest BCUT2D eigenvalue weighted by atomic mass is 10.3. The third-order valence-corrected chi connectivity index (χ3v) is 3.67. The Morgan fingerprint density at radius 2 is 1.38 bits per heavy atom. The van der Waals surface area contributed by atoms with Gasteiger partial charge in [0.15, 0.2) is 0 Å². The van der Waals surface area contributed by atoms with E-state index in [1.807, 2.05) is 0 Å². The number of hydrogen-bond donors (Lipinski definition) is 0. The number of thiophene rings is 2. The average Bonchev–Trinajstić information content (AvgIpc) is 2.66. The van der Waals surface area contributed by atoms with E-state index in [-0.39, 0.29) is 0 Å². The Morgan fingerprint density at radius 3 is 1.69 bits per heavy atom. The first-order valence-electron chi connectivity index (χ1n) is 4.79. The van der Waals surface area contributed by atoms with E-state index in [1.165, 1.54) is 28.7 Å². The molecule has 2 aromatic rings. The van der Waals surface area contributed by atoms with Crippen LogP contribution in [-0.4, -0.2) is 0 Å². The van der Waals surface area contributed by atoms with Crippen LogP contribution in [0, 0.1) is 0 Å². The quantitative estimate of drug-likeness (QED) is 0.645. The number of fused-ring (bicyclic) bond motifs is 1. The van der Waals surface area contributed by atoms with Crippen molar-refractivity contribution in [1.82, 2.24) is 0 Å². The summed E-state index contributed by atoms with van der Waals surface area (Å²) in [4.78, 5) is 0. The van der Waals surface area contributed by atoms with E-state index in [0.29, 0.717) is 0 Å². The van der Waals surface area contributed by atoms with Gasteiger partial charge >= 0.3 is 0 Å². The van der Waals surface area contributed by atoms with Gasteiger partial charge in [-0.1, -0.05) is 33.1 Å². The monoisotopic (exact) mass is 212 g/mol. The Balaban J connectivity index is 0.000000149. The van der Waals surface area contributed by atoms with Crippen LogP contribution in [0.3, 0.4) is 0 Å². The van der Waals surface area contributed by atoms with Crippen molar-refractivity contribution in [3.05, 3.63) is 22.9 Å². The standard InChI is InChI=1S/C6H4S2.C5H12/c1-3-7-6-2-4-8-5(1)6;1-3-5-4-2/h1-4H;3-5H2,1-2H3. The summed E-state index contributed by atoms with van der Waals surface area (Å²) in [7, 11) is 0. The molecule has 0 saturated carbocycles. The normalized spacial score (nSPS) is 9.69. The van der Waals surface area contributed by atoms with Crippen molar-refractivity contribution in [1.29, 1.82) is 0 Å². The van der Waals surface area contributed by atoms with E-state index < -0.39 is 0 Å². The second-order valence-electron chi connectivity index (χ2n) is 2.92. The Bertz CT molecular complexity index is 266. The SMILES string of the molecule is CCCCC.c1cc2sccc2s1. The molecular formula is C11H16S2. The zero-order valence-corrected chi connectivity index (χ0v) is 9.88. The minimum atomic E-state index is 1.34. The van der Waals surface area contributed by atoms with Crippen LogP contribution in [0.25, 0.3) is 9.40 Å². The second-order valence-corrected chi connectivity index (χ2v) is 4.82. The van der Waals surface area contributed by atoms with Crippen LogP contribution in [0.1, 0.15) is 33.1 Å². The largest absolute Gasteiger partial charge is 0.143 e. The van der Waals surface area contributed by atoms with E-state index in [0.717, 1.165) is 0 Å². The molecule has 0 nitrogen and oxygen atoms in total. The zero-order chi connectivity index (χ0) is 9.52. The van der Waals surface area contributed by atoms with Crippen molar-refractivity contribution in [2.45, 2.75) is 33.1 Å². The molecule has 0 aliphatic heterocycles. The van der Waals surface area contributed by atoms with E-state index in [9.17, 15) is 0 Å². The minimum absolute atomic E-state index is 1.34. The van der Waals surface area contributed by atoms with E-state index in [2.05, 4.69) is 36.7 Å². The van der Waals surface area contributed by atoms with Crippen LogP contribution in [0.15, 0.2) is 22.9 Å². The van der Waals surface area contributed by atoms with Crippen LogP contribution < -0.4 is 0 Å². The first-order valence-corrected chi connectivity index (χ1v) is 6.55. The summed E-state index contributed by atoms with van der Waals surface area (Å²) in [6.45, 7) is 4.42. The van der Waals surface area contributed by atoms with Crippen LogP contribution in [0.4, 0.5) is 0 Å². The van der Waals surface area contributed by atoms with Gasteiger partial charge in [0.05, 0.1) is 0 Å². The predicted molar refractivity (Wildman–Crippen MR) is 64.9 cm³/mol. The van der Waals surface area contributed by atoms with Crippen LogP contribution in [0.5, 0.6) is 0 Å².